The molecular weight excluding hydrogens is 396 g/mol. The molecule has 0 nitrogen and oxygen atoms in total. The van der Waals surface area contributed by atoms with Gasteiger partial charge in [0.05, 0.1) is 0 Å². The summed E-state index contributed by atoms with van der Waals surface area (Å²) in [5.74, 6) is 1.02. The Morgan fingerprint density at radius 1 is 0.333 bits per heavy atom. The van der Waals surface area contributed by atoms with E-state index < -0.39 is 0 Å². The number of hydrogen-bond donors (Lipinski definition) is 0. The monoisotopic (exact) mass is 464 g/mol. The van der Waals surface area contributed by atoms with Gasteiger partial charge in [-0.2, -0.15) is 0 Å². The van der Waals surface area contributed by atoms with E-state index >= 15 is 0 Å². The molecule has 0 aliphatic rings. The van der Waals surface area contributed by atoms with E-state index in [1.807, 2.05) is 0 Å². The molecule has 0 heteroatoms. The lowest BCUT2D eigenvalue weighted by molar-refractivity contribution is 0.366. The number of rotatable bonds is 29. The highest BCUT2D eigenvalue weighted by Crippen LogP contribution is 2.24. The fourth-order valence-corrected chi connectivity index (χ4v) is 5.41. The molecule has 0 saturated carbocycles. The Morgan fingerprint density at radius 3 is 0.848 bits per heavy atom. The Balaban J connectivity index is 3.58. The third-order valence-electron chi connectivity index (χ3n) is 7.79. The van der Waals surface area contributed by atoms with Crippen molar-refractivity contribution in [1.82, 2.24) is 0 Å². The van der Waals surface area contributed by atoms with Crippen molar-refractivity contribution < 1.29 is 0 Å². The first-order chi connectivity index (χ1) is 16.3. The molecule has 0 heterocycles. The summed E-state index contributed by atoms with van der Waals surface area (Å²) in [6, 6.07) is 0. The molecule has 0 aromatic heterocycles. The van der Waals surface area contributed by atoms with E-state index in [1.54, 1.807) is 0 Å². The topological polar surface area (TPSA) is 0 Å². The predicted octanol–water partition coefficient (Wildman–Crippen LogP) is 12.8. The molecular formula is C33H67. The van der Waals surface area contributed by atoms with Crippen LogP contribution in [0, 0.1) is 12.8 Å². The number of unbranched alkanes of at least 4 members (excludes halogenated alkanes) is 23. The van der Waals surface area contributed by atoms with Gasteiger partial charge in [-0.1, -0.05) is 207 Å². The molecule has 0 aromatic carbocycles. The van der Waals surface area contributed by atoms with Gasteiger partial charge in [-0.05, 0) is 5.92 Å². The molecule has 0 spiro atoms. The maximum atomic E-state index is 4.02. The van der Waals surface area contributed by atoms with Gasteiger partial charge in [0.2, 0.25) is 0 Å². The van der Waals surface area contributed by atoms with Gasteiger partial charge in [-0.15, -0.1) is 0 Å². The van der Waals surface area contributed by atoms with Gasteiger partial charge >= 0.3 is 0 Å². The molecule has 0 bridgehead atoms. The highest BCUT2D eigenvalue weighted by molar-refractivity contribution is 4.62. The summed E-state index contributed by atoms with van der Waals surface area (Å²) in [5.41, 5.74) is 0. The molecule has 0 saturated heterocycles. The van der Waals surface area contributed by atoms with E-state index in [2.05, 4.69) is 20.8 Å². The van der Waals surface area contributed by atoms with E-state index in [1.165, 1.54) is 180 Å². The third kappa shape index (κ3) is 28.1. The van der Waals surface area contributed by atoms with Gasteiger partial charge in [0.15, 0.2) is 0 Å². The lowest BCUT2D eigenvalue weighted by atomic mass is 9.89. The summed E-state index contributed by atoms with van der Waals surface area (Å²) in [4.78, 5) is 0. The summed E-state index contributed by atoms with van der Waals surface area (Å²) >= 11 is 0. The van der Waals surface area contributed by atoms with Crippen molar-refractivity contribution in [3.05, 3.63) is 6.92 Å². The molecule has 1 atom stereocenters. The van der Waals surface area contributed by atoms with Gasteiger partial charge in [-0.25, -0.2) is 0 Å². The van der Waals surface area contributed by atoms with Crippen LogP contribution in [0.1, 0.15) is 200 Å². The van der Waals surface area contributed by atoms with Crippen LogP contribution in [0.3, 0.4) is 0 Å². The van der Waals surface area contributed by atoms with Crippen LogP contribution < -0.4 is 0 Å². The second-order valence-electron chi connectivity index (χ2n) is 11.2. The van der Waals surface area contributed by atoms with E-state index in [0.717, 1.165) is 12.3 Å². The zero-order valence-corrected chi connectivity index (χ0v) is 23.8. The minimum Gasteiger partial charge on any atom is -0.0654 e. The van der Waals surface area contributed by atoms with Crippen LogP contribution in [0.15, 0.2) is 0 Å². The fraction of sp³-hybridized carbons (Fsp3) is 0.970. The summed E-state index contributed by atoms with van der Waals surface area (Å²) < 4.78 is 0. The molecule has 0 rings (SSSR count). The summed E-state index contributed by atoms with van der Waals surface area (Å²) in [6.07, 6.45) is 42.2. The lowest BCUT2D eigenvalue weighted by Crippen LogP contribution is -2.01. The zero-order chi connectivity index (χ0) is 24.1. The minimum atomic E-state index is 1.02. The molecule has 0 aliphatic carbocycles. The van der Waals surface area contributed by atoms with E-state index in [-0.39, 0.29) is 0 Å². The summed E-state index contributed by atoms with van der Waals surface area (Å²) in [6.45, 7) is 8.64. The third-order valence-corrected chi connectivity index (χ3v) is 7.79. The van der Waals surface area contributed by atoms with Gasteiger partial charge in [0, 0.05) is 0 Å². The number of hydrogen-bond acceptors (Lipinski definition) is 0. The second-order valence-corrected chi connectivity index (χ2v) is 11.2. The van der Waals surface area contributed by atoms with E-state index in [0.29, 0.717) is 0 Å². The van der Waals surface area contributed by atoms with Crippen molar-refractivity contribution in [2.45, 2.75) is 200 Å². The Hall–Kier alpha value is 0. The molecule has 0 N–H and O–H groups in total. The lowest BCUT2D eigenvalue weighted by Gasteiger charge is -2.17. The predicted molar refractivity (Wildman–Crippen MR) is 154 cm³/mol. The summed E-state index contributed by atoms with van der Waals surface area (Å²) in [5, 5.41) is 0. The highest BCUT2D eigenvalue weighted by Gasteiger charge is 2.08. The molecule has 33 heavy (non-hydrogen) atoms. The normalized spacial score (nSPS) is 12.5. The Labute approximate surface area is 212 Å². The van der Waals surface area contributed by atoms with Gasteiger partial charge in [0.25, 0.3) is 0 Å². The van der Waals surface area contributed by atoms with Crippen LogP contribution in [-0.2, 0) is 0 Å². The molecule has 1 radical (unpaired) electrons. The molecule has 0 aromatic rings. The van der Waals surface area contributed by atoms with Crippen molar-refractivity contribution in [3.63, 3.8) is 0 Å². The molecule has 199 valence electrons. The van der Waals surface area contributed by atoms with Crippen LogP contribution in [-0.4, -0.2) is 0 Å². The molecule has 1 unspecified atom stereocenters. The second kappa shape index (κ2) is 30.0. The van der Waals surface area contributed by atoms with Crippen molar-refractivity contribution in [2.75, 3.05) is 0 Å². The van der Waals surface area contributed by atoms with Gasteiger partial charge in [-0.3, -0.25) is 0 Å². The Bertz CT molecular complexity index is 320. The molecule has 0 aliphatic heterocycles. The molecule has 0 fully saturated rings. The SMILES string of the molecule is [CH2]CCCCCC(CCCCCCCCC)CCCCCCCCCCCCCCCCC. The zero-order valence-electron chi connectivity index (χ0n) is 23.8. The minimum absolute atomic E-state index is 1.02. The molecule has 0 amide bonds. The maximum absolute atomic E-state index is 4.02. The largest absolute Gasteiger partial charge is 0.0654 e. The van der Waals surface area contributed by atoms with E-state index in [4.69, 9.17) is 0 Å². The van der Waals surface area contributed by atoms with Crippen LogP contribution in [0.2, 0.25) is 0 Å². The average molecular weight is 464 g/mol. The average Bonchev–Trinajstić information content (AvgIpc) is 2.83. The van der Waals surface area contributed by atoms with Crippen molar-refractivity contribution in [1.29, 1.82) is 0 Å². The van der Waals surface area contributed by atoms with Crippen LogP contribution in [0.4, 0.5) is 0 Å². The smallest absolute Gasteiger partial charge is 0.0414 e. The summed E-state index contributed by atoms with van der Waals surface area (Å²) in [7, 11) is 0. The maximum Gasteiger partial charge on any atom is -0.0414 e. The first kappa shape index (κ1) is 33.0. The Morgan fingerprint density at radius 2 is 0.576 bits per heavy atom. The van der Waals surface area contributed by atoms with Crippen LogP contribution in [0.25, 0.3) is 0 Å². The Kier molecular flexibility index (Phi) is 30.0. The quantitative estimate of drug-likeness (QED) is 0.0967. The first-order valence-electron chi connectivity index (χ1n) is 16.1. The van der Waals surface area contributed by atoms with Gasteiger partial charge < -0.3 is 0 Å². The fourth-order valence-electron chi connectivity index (χ4n) is 5.41. The van der Waals surface area contributed by atoms with Crippen molar-refractivity contribution >= 4 is 0 Å². The van der Waals surface area contributed by atoms with E-state index in [9.17, 15) is 0 Å². The van der Waals surface area contributed by atoms with Crippen molar-refractivity contribution in [2.24, 2.45) is 5.92 Å². The highest BCUT2D eigenvalue weighted by atomic mass is 14.1. The standard InChI is InChI=1S/C33H67/c1-4-7-10-13-15-16-17-18-19-20-21-22-24-26-29-32-33(30-27-12-9-6-3)31-28-25-23-14-11-8-5-2/h33H,3-32H2,1-2H3. The van der Waals surface area contributed by atoms with Crippen LogP contribution in [0.5, 0.6) is 0 Å². The first-order valence-corrected chi connectivity index (χ1v) is 16.1. The van der Waals surface area contributed by atoms with Crippen LogP contribution >= 0.6 is 0 Å². The van der Waals surface area contributed by atoms with Crippen molar-refractivity contribution in [3.8, 4) is 0 Å². The van der Waals surface area contributed by atoms with Gasteiger partial charge in [0.1, 0.15) is 0 Å².